The van der Waals surface area contributed by atoms with E-state index in [-0.39, 0.29) is 11.8 Å². The Bertz CT molecular complexity index is 981. The molecule has 0 saturated heterocycles. The van der Waals surface area contributed by atoms with E-state index in [4.69, 9.17) is 11.6 Å². The van der Waals surface area contributed by atoms with Crippen LogP contribution in [0.1, 0.15) is 37.0 Å². The highest BCUT2D eigenvalue weighted by Gasteiger charge is 2.37. The highest BCUT2D eigenvalue weighted by molar-refractivity contribution is 7.14. The standard InChI is InChI=1S/C21H21ClN2O4S/c1-11-9-16(17(21(27)28)10-12(11)2)19(26)24-20-15(7-8-29-20)18(25)23-14-5-3-13(22)4-6-14/h3-8,16-17H,9-10H2,1-2H3,(H,23,25)(H,24,26)(H,27,28)/t16-,17+/m1/s1. The maximum Gasteiger partial charge on any atom is 0.307 e. The van der Waals surface area contributed by atoms with Gasteiger partial charge in [0.2, 0.25) is 5.91 Å². The van der Waals surface area contributed by atoms with Crippen LogP contribution in [0.4, 0.5) is 10.7 Å². The van der Waals surface area contributed by atoms with Gasteiger partial charge in [-0.2, -0.15) is 0 Å². The zero-order chi connectivity index (χ0) is 21.1. The van der Waals surface area contributed by atoms with E-state index >= 15 is 0 Å². The topological polar surface area (TPSA) is 95.5 Å². The third kappa shape index (κ3) is 4.86. The first-order valence-electron chi connectivity index (χ1n) is 9.09. The van der Waals surface area contributed by atoms with Crippen LogP contribution >= 0.6 is 22.9 Å². The van der Waals surface area contributed by atoms with E-state index in [1.807, 2.05) is 13.8 Å². The second-order valence-corrected chi connectivity index (χ2v) is 8.49. The van der Waals surface area contributed by atoms with Crippen LogP contribution in [0.3, 0.4) is 0 Å². The maximum absolute atomic E-state index is 12.9. The molecule has 2 atom stereocenters. The molecule has 0 aliphatic heterocycles. The fourth-order valence-electron chi connectivity index (χ4n) is 3.35. The number of hydrogen-bond acceptors (Lipinski definition) is 4. The van der Waals surface area contributed by atoms with Gasteiger partial charge < -0.3 is 15.7 Å². The molecule has 6 nitrogen and oxygen atoms in total. The molecule has 0 unspecified atom stereocenters. The van der Waals surface area contributed by atoms with Gasteiger partial charge in [0.15, 0.2) is 0 Å². The summed E-state index contributed by atoms with van der Waals surface area (Å²) in [5, 5.41) is 17.7. The number of benzene rings is 1. The highest BCUT2D eigenvalue weighted by atomic mass is 35.5. The summed E-state index contributed by atoms with van der Waals surface area (Å²) in [6.07, 6.45) is 0.750. The fourth-order valence-corrected chi connectivity index (χ4v) is 4.26. The summed E-state index contributed by atoms with van der Waals surface area (Å²) in [7, 11) is 0. The van der Waals surface area contributed by atoms with E-state index < -0.39 is 17.8 Å². The van der Waals surface area contributed by atoms with Gasteiger partial charge in [-0.25, -0.2) is 0 Å². The number of allylic oxidation sites excluding steroid dienone is 2. The number of carboxylic acids is 1. The van der Waals surface area contributed by atoms with Crippen molar-refractivity contribution < 1.29 is 19.5 Å². The smallest absolute Gasteiger partial charge is 0.307 e. The number of anilines is 2. The molecule has 29 heavy (non-hydrogen) atoms. The van der Waals surface area contributed by atoms with Crippen molar-refractivity contribution in [3.8, 4) is 0 Å². The van der Waals surface area contributed by atoms with Gasteiger partial charge in [-0.3, -0.25) is 14.4 Å². The van der Waals surface area contributed by atoms with Gasteiger partial charge in [0, 0.05) is 10.7 Å². The van der Waals surface area contributed by atoms with Crippen LogP contribution < -0.4 is 10.6 Å². The number of carbonyl (C=O) groups excluding carboxylic acids is 2. The average molecular weight is 433 g/mol. The van der Waals surface area contributed by atoms with Gasteiger partial charge in [0.1, 0.15) is 5.00 Å². The molecule has 8 heteroatoms. The molecule has 1 aliphatic carbocycles. The Balaban J connectivity index is 1.75. The van der Waals surface area contributed by atoms with Crippen molar-refractivity contribution in [3.63, 3.8) is 0 Å². The van der Waals surface area contributed by atoms with Crippen LogP contribution in [0.25, 0.3) is 0 Å². The van der Waals surface area contributed by atoms with Gasteiger partial charge in [0.05, 0.1) is 17.4 Å². The lowest BCUT2D eigenvalue weighted by Gasteiger charge is -2.29. The highest BCUT2D eigenvalue weighted by Crippen LogP contribution is 2.36. The lowest BCUT2D eigenvalue weighted by molar-refractivity contribution is -0.146. The van der Waals surface area contributed by atoms with Crippen LogP contribution in [0, 0.1) is 11.8 Å². The number of thiophene rings is 1. The first-order chi connectivity index (χ1) is 13.8. The minimum atomic E-state index is -0.983. The number of aliphatic carboxylic acids is 1. The Morgan fingerprint density at radius 3 is 2.24 bits per heavy atom. The quantitative estimate of drug-likeness (QED) is 0.577. The summed E-state index contributed by atoms with van der Waals surface area (Å²) >= 11 is 7.07. The van der Waals surface area contributed by atoms with Gasteiger partial charge in [0.25, 0.3) is 5.91 Å². The van der Waals surface area contributed by atoms with Crippen molar-refractivity contribution in [2.45, 2.75) is 26.7 Å². The van der Waals surface area contributed by atoms with Crippen LogP contribution in [0.2, 0.25) is 5.02 Å². The van der Waals surface area contributed by atoms with E-state index in [1.165, 1.54) is 11.3 Å². The second-order valence-electron chi connectivity index (χ2n) is 7.13. The summed E-state index contributed by atoms with van der Waals surface area (Å²) in [6.45, 7) is 3.82. The maximum atomic E-state index is 12.9. The summed E-state index contributed by atoms with van der Waals surface area (Å²) in [5.74, 6) is -3.18. The number of amides is 2. The number of hydrogen-bond donors (Lipinski definition) is 3. The van der Waals surface area contributed by atoms with Crippen LogP contribution in [-0.4, -0.2) is 22.9 Å². The molecule has 1 heterocycles. The zero-order valence-electron chi connectivity index (χ0n) is 16.0. The third-order valence-electron chi connectivity index (χ3n) is 5.17. The van der Waals surface area contributed by atoms with Crippen molar-refractivity contribution in [3.05, 3.63) is 57.4 Å². The van der Waals surface area contributed by atoms with Gasteiger partial charge in [-0.05, 0) is 62.4 Å². The summed E-state index contributed by atoms with van der Waals surface area (Å²) in [4.78, 5) is 37.1. The second kappa shape index (κ2) is 8.80. The molecule has 0 bridgehead atoms. The van der Waals surface area contributed by atoms with Crippen LogP contribution in [0.5, 0.6) is 0 Å². The molecule has 2 aromatic rings. The first kappa shape index (κ1) is 21.1. The zero-order valence-corrected chi connectivity index (χ0v) is 17.6. The molecule has 0 saturated carbocycles. The van der Waals surface area contributed by atoms with E-state index in [1.54, 1.807) is 35.7 Å². The van der Waals surface area contributed by atoms with Gasteiger partial charge in [-0.15, -0.1) is 11.3 Å². The molecular weight excluding hydrogens is 412 g/mol. The summed E-state index contributed by atoms with van der Waals surface area (Å²) in [6, 6.07) is 8.32. The number of carbonyl (C=O) groups is 3. The number of nitrogens with one attached hydrogen (secondary N) is 2. The number of carboxylic acid groups (broad SMARTS) is 1. The molecule has 0 spiro atoms. The van der Waals surface area contributed by atoms with Crippen molar-refractivity contribution in [2.75, 3.05) is 10.6 Å². The molecule has 0 radical (unpaired) electrons. The van der Waals surface area contributed by atoms with E-state index in [0.717, 1.165) is 11.1 Å². The Kier molecular flexibility index (Phi) is 6.39. The van der Waals surface area contributed by atoms with E-state index in [0.29, 0.717) is 34.1 Å². The SMILES string of the molecule is CC1=C(C)C[C@@H](C(=O)Nc2sccc2C(=O)Nc2ccc(Cl)cc2)[C@@H](C(=O)O)C1. The molecule has 3 rings (SSSR count). The van der Waals surface area contributed by atoms with Crippen molar-refractivity contribution in [1.29, 1.82) is 0 Å². The molecule has 152 valence electrons. The predicted molar refractivity (Wildman–Crippen MR) is 115 cm³/mol. The average Bonchev–Trinajstić information content (AvgIpc) is 3.13. The minimum absolute atomic E-state index is 0.324. The van der Waals surface area contributed by atoms with Crippen molar-refractivity contribution in [1.82, 2.24) is 0 Å². The first-order valence-corrected chi connectivity index (χ1v) is 10.4. The molecule has 1 aromatic heterocycles. The minimum Gasteiger partial charge on any atom is -0.481 e. The summed E-state index contributed by atoms with van der Waals surface area (Å²) in [5.41, 5.74) is 2.96. The molecule has 2 amide bonds. The third-order valence-corrected chi connectivity index (χ3v) is 6.25. The van der Waals surface area contributed by atoms with Crippen molar-refractivity contribution in [2.24, 2.45) is 11.8 Å². The molecule has 1 aromatic carbocycles. The molecular formula is C21H21ClN2O4S. The van der Waals surface area contributed by atoms with Crippen LogP contribution in [0.15, 0.2) is 46.9 Å². The Morgan fingerprint density at radius 1 is 1.00 bits per heavy atom. The van der Waals surface area contributed by atoms with E-state index in [2.05, 4.69) is 10.6 Å². The summed E-state index contributed by atoms with van der Waals surface area (Å²) < 4.78 is 0. The Morgan fingerprint density at radius 2 is 1.62 bits per heavy atom. The molecule has 3 N–H and O–H groups in total. The fraction of sp³-hybridized carbons (Fsp3) is 0.286. The Hall–Kier alpha value is -2.64. The molecule has 0 fully saturated rings. The largest absolute Gasteiger partial charge is 0.481 e. The number of halogens is 1. The van der Waals surface area contributed by atoms with Crippen molar-refractivity contribution >= 4 is 51.4 Å². The van der Waals surface area contributed by atoms with Crippen LogP contribution in [-0.2, 0) is 9.59 Å². The normalized spacial score (nSPS) is 19.0. The lowest BCUT2D eigenvalue weighted by atomic mass is 9.76. The lowest BCUT2D eigenvalue weighted by Crippen LogP contribution is -2.36. The van der Waals surface area contributed by atoms with Gasteiger partial charge in [-0.1, -0.05) is 22.7 Å². The predicted octanol–water partition coefficient (Wildman–Crippen LogP) is 5.04. The van der Waals surface area contributed by atoms with E-state index in [9.17, 15) is 19.5 Å². The Labute approximate surface area is 177 Å². The van der Waals surface area contributed by atoms with Gasteiger partial charge >= 0.3 is 5.97 Å². The number of rotatable bonds is 5. The molecule has 1 aliphatic rings. The monoisotopic (exact) mass is 432 g/mol.